The predicted molar refractivity (Wildman–Crippen MR) is 65.0 cm³/mol. The fraction of sp³-hybridized carbons (Fsp3) is 0.909. The van der Waals surface area contributed by atoms with Crippen LogP contribution in [0.5, 0.6) is 0 Å². The van der Waals surface area contributed by atoms with Crippen LogP contribution in [-0.2, 0) is 19.6 Å². The van der Waals surface area contributed by atoms with Crippen molar-refractivity contribution in [2.24, 2.45) is 0 Å². The number of carbonyl (C=O) groups excluding carboxylic acids is 1. The molecule has 100 valence electrons. The fourth-order valence-corrected chi connectivity index (χ4v) is 3.60. The average molecular weight is 263 g/mol. The Morgan fingerprint density at radius 2 is 1.94 bits per heavy atom. The molecule has 0 aromatic carbocycles. The summed E-state index contributed by atoms with van der Waals surface area (Å²) in [6.07, 6.45) is 4.63. The van der Waals surface area contributed by atoms with Gasteiger partial charge in [-0.3, -0.25) is 4.79 Å². The lowest BCUT2D eigenvalue weighted by Gasteiger charge is -2.21. The summed E-state index contributed by atoms with van der Waals surface area (Å²) in [5.41, 5.74) is 0. The predicted octanol–water partition coefficient (Wildman–Crippen LogP) is 1.19. The van der Waals surface area contributed by atoms with Gasteiger partial charge in [-0.05, 0) is 19.8 Å². The van der Waals surface area contributed by atoms with Gasteiger partial charge in [0.05, 0.1) is 18.3 Å². The molecule has 0 unspecified atom stereocenters. The van der Waals surface area contributed by atoms with Crippen LogP contribution in [0, 0.1) is 0 Å². The van der Waals surface area contributed by atoms with Gasteiger partial charge in [0.25, 0.3) is 0 Å². The molecule has 17 heavy (non-hydrogen) atoms. The fourth-order valence-electron chi connectivity index (χ4n) is 2.02. The maximum absolute atomic E-state index is 11.9. The van der Waals surface area contributed by atoms with Crippen molar-refractivity contribution in [3.05, 3.63) is 0 Å². The minimum absolute atomic E-state index is 0.0970. The third-order valence-electron chi connectivity index (χ3n) is 2.93. The summed E-state index contributed by atoms with van der Waals surface area (Å²) in [5.74, 6) is -0.362. The van der Waals surface area contributed by atoms with E-state index in [0.717, 1.165) is 32.1 Å². The van der Waals surface area contributed by atoms with Gasteiger partial charge in [-0.2, -0.15) is 0 Å². The second kappa shape index (κ2) is 6.96. The molecule has 1 rings (SSSR count). The van der Waals surface area contributed by atoms with E-state index >= 15 is 0 Å². The topological polar surface area (TPSA) is 72.5 Å². The maximum Gasteiger partial charge on any atom is 0.307 e. The van der Waals surface area contributed by atoms with Gasteiger partial charge in [-0.25, -0.2) is 13.1 Å². The van der Waals surface area contributed by atoms with Gasteiger partial charge < -0.3 is 4.74 Å². The molecule has 0 amide bonds. The molecule has 0 saturated heterocycles. The molecule has 0 spiro atoms. The molecular formula is C11H21NO4S. The number of hydrogen-bond acceptors (Lipinski definition) is 4. The van der Waals surface area contributed by atoms with Crippen LogP contribution in [0.15, 0.2) is 0 Å². The number of hydrogen-bond donors (Lipinski definition) is 1. The molecule has 5 nitrogen and oxygen atoms in total. The van der Waals surface area contributed by atoms with E-state index in [9.17, 15) is 13.2 Å². The Bertz CT molecular complexity index is 333. The zero-order chi connectivity index (χ0) is 12.7. The minimum atomic E-state index is -3.25. The van der Waals surface area contributed by atoms with Crippen LogP contribution in [0.4, 0.5) is 0 Å². The van der Waals surface area contributed by atoms with E-state index in [1.165, 1.54) is 0 Å². The minimum Gasteiger partial charge on any atom is -0.466 e. The molecule has 0 heterocycles. The van der Waals surface area contributed by atoms with Crippen molar-refractivity contribution in [1.29, 1.82) is 0 Å². The number of ether oxygens (including phenoxy) is 1. The second-order valence-electron chi connectivity index (χ2n) is 4.25. The standard InChI is InChI=1S/C11H21NO4S/c1-2-16-11(13)8-9-12-17(14,15)10-6-4-3-5-7-10/h10,12H,2-9H2,1H3. The van der Waals surface area contributed by atoms with Gasteiger partial charge >= 0.3 is 5.97 Å². The maximum atomic E-state index is 11.9. The van der Waals surface area contributed by atoms with Crippen LogP contribution < -0.4 is 4.72 Å². The molecule has 0 atom stereocenters. The van der Waals surface area contributed by atoms with Crippen LogP contribution in [-0.4, -0.2) is 32.8 Å². The van der Waals surface area contributed by atoms with Gasteiger partial charge in [0.2, 0.25) is 10.0 Å². The summed E-state index contributed by atoms with van der Waals surface area (Å²) in [5, 5.41) is -0.279. The van der Waals surface area contributed by atoms with Crippen LogP contribution in [0.25, 0.3) is 0 Å². The van der Waals surface area contributed by atoms with Crippen LogP contribution in [0.1, 0.15) is 45.4 Å². The molecule has 0 radical (unpaired) electrons. The third-order valence-corrected chi connectivity index (χ3v) is 4.88. The van der Waals surface area contributed by atoms with Gasteiger partial charge in [0, 0.05) is 6.54 Å². The molecule has 0 aliphatic heterocycles. The SMILES string of the molecule is CCOC(=O)CCNS(=O)(=O)C1CCCCC1. The van der Waals surface area contributed by atoms with Gasteiger partial charge in [-0.1, -0.05) is 19.3 Å². The number of nitrogens with one attached hydrogen (secondary N) is 1. The molecule has 6 heteroatoms. The average Bonchev–Trinajstić information content (AvgIpc) is 2.30. The highest BCUT2D eigenvalue weighted by Crippen LogP contribution is 2.22. The number of carbonyl (C=O) groups is 1. The Morgan fingerprint density at radius 3 is 2.53 bits per heavy atom. The molecule has 0 aromatic heterocycles. The van der Waals surface area contributed by atoms with Crippen molar-refractivity contribution in [3.8, 4) is 0 Å². The lowest BCUT2D eigenvalue weighted by Crippen LogP contribution is -2.36. The Balaban J connectivity index is 2.31. The highest BCUT2D eigenvalue weighted by molar-refractivity contribution is 7.90. The summed E-state index contributed by atoms with van der Waals surface area (Å²) in [4.78, 5) is 11.0. The molecule has 1 aliphatic carbocycles. The molecular weight excluding hydrogens is 242 g/mol. The number of sulfonamides is 1. The lowest BCUT2D eigenvalue weighted by atomic mass is 10.0. The van der Waals surface area contributed by atoms with E-state index in [1.54, 1.807) is 6.92 Å². The summed E-state index contributed by atoms with van der Waals surface area (Å²) < 4.78 is 30.9. The van der Waals surface area contributed by atoms with Crippen molar-refractivity contribution in [3.63, 3.8) is 0 Å². The second-order valence-corrected chi connectivity index (χ2v) is 6.30. The summed E-state index contributed by atoms with van der Waals surface area (Å²) in [7, 11) is -3.25. The quantitative estimate of drug-likeness (QED) is 0.731. The monoisotopic (exact) mass is 263 g/mol. The molecule has 1 N–H and O–H groups in total. The van der Waals surface area contributed by atoms with Crippen LogP contribution in [0.2, 0.25) is 0 Å². The summed E-state index contributed by atoms with van der Waals surface area (Å²) >= 11 is 0. The van der Waals surface area contributed by atoms with Crippen molar-refractivity contribution in [2.45, 2.75) is 50.7 Å². The number of esters is 1. The third kappa shape index (κ3) is 5.04. The highest BCUT2D eigenvalue weighted by Gasteiger charge is 2.26. The van der Waals surface area contributed by atoms with E-state index in [1.807, 2.05) is 0 Å². The first-order valence-electron chi connectivity index (χ1n) is 6.20. The van der Waals surface area contributed by atoms with Crippen LogP contribution >= 0.6 is 0 Å². The van der Waals surface area contributed by atoms with E-state index in [0.29, 0.717) is 6.61 Å². The molecule has 1 fully saturated rings. The molecule has 0 bridgehead atoms. The van der Waals surface area contributed by atoms with Crippen molar-refractivity contribution in [2.75, 3.05) is 13.2 Å². The smallest absolute Gasteiger partial charge is 0.307 e. The Hall–Kier alpha value is -0.620. The first-order chi connectivity index (χ1) is 8.06. The van der Waals surface area contributed by atoms with E-state index in [4.69, 9.17) is 4.74 Å². The Labute approximate surface area is 103 Å². The van der Waals surface area contributed by atoms with Gasteiger partial charge in [-0.15, -0.1) is 0 Å². The lowest BCUT2D eigenvalue weighted by molar-refractivity contribution is -0.142. The number of rotatable bonds is 6. The van der Waals surface area contributed by atoms with Gasteiger partial charge in [0.1, 0.15) is 0 Å². The Morgan fingerprint density at radius 1 is 1.29 bits per heavy atom. The van der Waals surface area contributed by atoms with Crippen LogP contribution in [0.3, 0.4) is 0 Å². The zero-order valence-corrected chi connectivity index (χ0v) is 11.1. The summed E-state index contributed by atoms with van der Waals surface area (Å²) in [6, 6.07) is 0. The molecule has 1 aliphatic rings. The first-order valence-corrected chi connectivity index (χ1v) is 7.75. The van der Waals surface area contributed by atoms with Crippen molar-refractivity contribution >= 4 is 16.0 Å². The van der Waals surface area contributed by atoms with E-state index < -0.39 is 10.0 Å². The zero-order valence-electron chi connectivity index (χ0n) is 10.3. The highest BCUT2D eigenvalue weighted by atomic mass is 32.2. The van der Waals surface area contributed by atoms with Crippen molar-refractivity contribution < 1.29 is 17.9 Å². The Kier molecular flexibility index (Phi) is 5.91. The first kappa shape index (κ1) is 14.4. The van der Waals surface area contributed by atoms with E-state index in [-0.39, 0.29) is 24.2 Å². The molecule has 0 aromatic rings. The van der Waals surface area contributed by atoms with E-state index in [2.05, 4.69) is 4.72 Å². The summed E-state index contributed by atoms with van der Waals surface area (Å²) in [6.45, 7) is 2.19. The normalized spacial score (nSPS) is 17.9. The van der Waals surface area contributed by atoms with Gasteiger partial charge in [0.15, 0.2) is 0 Å². The van der Waals surface area contributed by atoms with Crippen molar-refractivity contribution in [1.82, 2.24) is 4.72 Å². The molecule has 1 saturated carbocycles. The largest absolute Gasteiger partial charge is 0.466 e.